The molecule has 0 atom stereocenters. The van der Waals surface area contributed by atoms with Crippen LogP contribution >= 0.6 is 0 Å². The summed E-state index contributed by atoms with van der Waals surface area (Å²) in [5.41, 5.74) is 8.92. The second-order valence-electron chi connectivity index (χ2n) is 9.62. The molecule has 6 rings (SSSR count). The summed E-state index contributed by atoms with van der Waals surface area (Å²) in [4.78, 5) is 29.4. The maximum Gasteiger partial charge on any atom is 0.253 e. The molecule has 7 heteroatoms. The van der Waals surface area contributed by atoms with Gasteiger partial charge in [-0.25, -0.2) is 0 Å². The molecule has 4 heterocycles. The van der Waals surface area contributed by atoms with Gasteiger partial charge in [0.1, 0.15) is 0 Å². The number of aryl methyl sites for hydroxylation is 4. The van der Waals surface area contributed by atoms with E-state index in [0.717, 1.165) is 52.6 Å². The Hall–Kier alpha value is -3.87. The molecule has 7 nitrogen and oxygen atoms in total. The van der Waals surface area contributed by atoms with Crippen molar-refractivity contribution in [3.63, 3.8) is 0 Å². The highest BCUT2D eigenvalue weighted by Crippen LogP contribution is 2.41. The van der Waals surface area contributed by atoms with Crippen LogP contribution in [0.5, 0.6) is 0 Å². The van der Waals surface area contributed by atoms with Crippen molar-refractivity contribution in [2.24, 2.45) is 0 Å². The normalized spacial score (nSPS) is 15.7. The minimum atomic E-state index is -0.0367. The Morgan fingerprint density at radius 1 is 1.09 bits per heavy atom. The van der Waals surface area contributed by atoms with E-state index in [1.54, 1.807) is 6.07 Å². The molecule has 0 radical (unpaired) electrons. The predicted molar refractivity (Wildman–Crippen MR) is 140 cm³/mol. The Morgan fingerprint density at radius 3 is 2.66 bits per heavy atom. The lowest BCUT2D eigenvalue weighted by molar-refractivity contribution is -0.126. The number of benzene rings is 2. The van der Waals surface area contributed by atoms with E-state index in [1.165, 1.54) is 28.3 Å². The summed E-state index contributed by atoms with van der Waals surface area (Å²) < 4.78 is 1.95. The SMILES string of the molecule is C=CC(=O)N1CCN(c2cc(=O)n3c4c(c(-c5c(C)ccc6[nH]nc(C)c56)ccc24)CCC3)CC1. The Kier molecular flexibility index (Phi) is 5.02. The van der Waals surface area contributed by atoms with Gasteiger partial charge in [-0.1, -0.05) is 24.8 Å². The second-order valence-corrected chi connectivity index (χ2v) is 9.62. The maximum absolute atomic E-state index is 13.3. The topological polar surface area (TPSA) is 74.2 Å². The van der Waals surface area contributed by atoms with E-state index >= 15 is 0 Å². The number of hydrogen-bond acceptors (Lipinski definition) is 4. The number of pyridine rings is 1. The van der Waals surface area contributed by atoms with Crippen LogP contribution in [-0.4, -0.2) is 51.8 Å². The number of rotatable bonds is 3. The van der Waals surface area contributed by atoms with Gasteiger partial charge >= 0.3 is 0 Å². The van der Waals surface area contributed by atoms with Crippen LogP contribution in [0, 0.1) is 13.8 Å². The summed E-state index contributed by atoms with van der Waals surface area (Å²) in [6.07, 6.45) is 3.25. The van der Waals surface area contributed by atoms with Gasteiger partial charge in [-0.2, -0.15) is 5.10 Å². The lowest BCUT2D eigenvalue weighted by Crippen LogP contribution is -2.48. The zero-order valence-electron chi connectivity index (χ0n) is 20.2. The second kappa shape index (κ2) is 8.12. The molecule has 1 N–H and O–H groups in total. The minimum Gasteiger partial charge on any atom is -0.367 e. The van der Waals surface area contributed by atoms with Crippen LogP contribution in [0.25, 0.3) is 32.9 Å². The van der Waals surface area contributed by atoms with E-state index in [9.17, 15) is 9.59 Å². The molecule has 0 saturated carbocycles. The quantitative estimate of drug-likeness (QED) is 0.463. The van der Waals surface area contributed by atoms with Crippen LogP contribution in [0.15, 0.2) is 47.8 Å². The molecule has 2 aromatic carbocycles. The highest BCUT2D eigenvalue weighted by molar-refractivity contribution is 6.04. The average molecular weight is 468 g/mol. The highest BCUT2D eigenvalue weighted by Gasteiger charge is 2.26. The molecule has 35 heavy (non-hydrogen) atoms. The summed E-state index contributed by atoms with van der Waals surface area (Å²) in [6, 6.07) is 10.4. The zero-order chi connectivity index (χ0) is 24.3. The van der Waals surface area contributed by atoms with Gasteiger partial charge in [-0.15, -0.1) is 0 Å². The number of aromatic amines is 1. The molecular weight excluding hydrogens is 438 g/mol. The van der Waals surface area contributed by atoms with Crippen LogP contribution in [-0.2, 0) is 17.8 Å². The third-order valence-electron chi connectivity index (χ3n) is 7.66. The number of amides is 1. The molecule has 0 bridgehead atoms. The van der Waals surface area contributed by atoms with Gasteiger partial charge in [0.05, 0.1) is 22.4 Å². The third kappa shape index (κ3) is 3.29. The van der Waals surface area contributed by atoms with E-state index in [-0.39, 0.29) is 11.5 Å². The number of nitrogens with zero attached hydrogens (tertiary/aromatic N) is 4. The molecule has 1 amide bonds. The lowest BCUT2D eigenvalue weighted by atomic mass is 9.87. The molecule has 0 spiro atoms. The first kappa shape index (κ1) is 21.6. The molecule has 1 fully saturated rings. The maximum atomic E-state index is 13.3. The van der Waals surface area contributed by atoms with Crippen molar-refractivity contribution < 1.29 is 4.79 Å². The first-order valence-corrected chi connectivity index (χ1v) is 12.3. The lowest BCUT2D eigenvalue weighted by Gasteiger charge is -2.36. The van der Waals surface area contributed by atoms with Crippen LogP contribution in [0.1, 0.15) is 23.2 Å². The standard InChI is InChI=1S/C28H29N5O2/c1-4-24(34)32-14-12-31(13-15-32)23-16-25(35)33-11-5-6-20-19(8-9-21(23)28(20)33)26-17(2)7-10-22-27(26)18(3)29-30-22/h4,7-10,16H,1,5-6,11-15H2,2-3H3,(H,29,30). The fraction of sp³-hybridized carbons (Fsp3) is 0.321. The first-order valence-electron chi connectivity index (χ1n) is 12.3. The molecule has 1 saturated heterocycles. The Labute approximate surface area is 203 Å². The number of carbonyl (C=O) groups is 1. The molecule has 0 unspecified atom stereocenters. The molecular formula is C28H29N5O2. The molecule has 4 aromatic rings. The van der Waals surface area contributed by atoms with Crippen LogP contribution in [0.3, 0.4) is 0 Å². The number of carbonyl (C=O) groups excluding carboxylic acids is 1. The van der Waals surface area contributed by atoms with Crippen molar-refractivity contribution in [3.8, 4) is 11.1 Å². The number of H-pyrrole nitrogens is 1. The summed E-state index contributed by atoms with van der Waals surface area (Å²) >= 11 is 0. The van der Waals surface area contributed by atoms with Gasteiger partial charge in [0.2, 0.25) is 5.91 Å². The zero-order valence-corrected chi connectivity index (χ0v) is 20.2. The van der Waals surface area contributed by atoms with E-state index in [4.69, 9.17) is 0 Å². The Bertz CT molecular complexity index is 1570. The number of fused-ring (bicyclic) bond motifs is 1. The van der Waals surface area contributed by atoms with Crippen LogP contribution in [0.4, 0.5) is 5.69 Å². The largest absolute Gasteiger partial charge is 0.367 e. The summed E-state index contributed by atoms with van der Waals surface area (Å²) in [6.45, 7) is 11.2. The van der Waals surface area contributed by atoms with Crippen molar-refractivity contribution in [1.29, 1.82) is 0 Å². The van der Waals surface area contributed by atoms with Gasteiger partial charge in [-0.3, -0.25) is 14.7 Å². The number of anilines is 1. The number of aromatic nitrogens is 3. The van der Waals surface area contributed by atoms with Crippen molar-refractivity contribution in [1.82, 2.24) is 19.7 Å². The van der Waals surface area contributed by atoms with E-state index in [0.29, 0.717) is 26.2 Å². The van der Waals surface area contributed by atoms with Gasteiger partial charge in [-0.05, 0) is 61.1 Å². The number of nitrogens with one attached hydrogen (secondary N) is 1. The molecule has 2 aliphatic heterocycles. The monoisotopic (exact) mass is 467 g/mol. The molecule has 178 valence electrons. The van der Waals surface area contributed by atoms with Gasteiger partial charge in [0.15, 0.2) is 0 Å². The molecule has 2 aliphatic rings. The van der Waals surface area contributed by atoms with E-state index in [2.05, 4.69) is 52.9 Å². The third-order valence-corrected chi connectivity index (χ3v) is 7.66. The van der Waals surface area contributed by atoms with Crippen molar-refractivity contribution in [2.45, 2.75) is 33.2 Å². The summed E-state index contributed by atoms with van der Waals surface area (Å²) in [5.74, 6) is -0.0367. The van der Waals surface area contributed by atoms with Crippen molar-refractivity contribution >= 4 is 33.4 Å². The van der Waals surface area contributed by atoms with E-state index in [1.807, 2.05) is 16.4 Å². The molecule has 0 aliphatic carbocycles. The fourth-order valence-corrected chi connectivity index (χ4v) is 5.94. The minimum absolute atomic E-state index is 0.0367. The van der Waals surface area contributed by atoms with Crippen LogP contribution in [0.2, 0.25) is 0 Å². The number of piperazine rings is 1. The van der Waals surface area contributed by atoms with Crippen molar-refractivity contribution in [3.05, 3.63) is 70.2 Å². The number of hydrogen-bond donors (Lipinski definition) is 1. The first-order chi connectivity index (χ1) is 17.0. The van der Waals surface area contributed by atoms with E-state index < -0.39 is 0 Å². The van der Waals surface area contributed by atoms with Gasteiger partial charge < -0.3 is 14.4 Å². The summed E-state index contributed by atoms with van der Waals surface area (Å²) in [5, 5.41) is 9.89. The smallest absolute Gasteiger partial charge is 0.253 e. The highest BCUT2D eigenvalue weighted by atomic mass is 16.2. The van der Waals surface area contributed by atoms with Gasteiger partial charge in [0, 0.05) is 49.6 Å². The fourth-order valence-electron chi connectivity index (χ4n) is 5.94. The Morgan fingerprint density at radius 2 is 1.89 bits per heavy atom. The summed E-state index contributed by atoms with van der Waals surface area (Å²) in [7, 11) is 0. The Balaban J connectivity index is 1.54. The predicted octanol–water partition coefficient (Wildman–Crippen LogP) is 3.94. The molecule has 2 aromatic heterocycles. The van der Waals surface area contributed by atoms with Crippen molar-refractivity contribution in [2.75, 3.05) is 31.1 Å². The van der Waals surface area contributed by atoms with Gasteiger partial charge in [0.25, 0.3) is 5.56 Å². The average Bonchev–Trinajstić information content (AvgIpc) is 3.26. The van der Waals surface area contributed by atoms with Crippen LogP contribution < -0.4 is 10.5 Å².